The third-order valence-corrected chi connectivity index (χ3v) is 2.66. The Morgan fingerprint density at radius 1 is 1.11 bits per heavy atom. The van der Waals surface area contributed by atoms with Crippen LogP contribution in [0.5, 0.6) is 0 Å². The summed E-state index contributed by atoms with van der Waals surface area (Å²) in [5.74, 6) is 0. The third-order valence-electron chi connectivity index (χ3n) is 2.66. The Bertz CT molecular complexity index is 366. The lowest BCUT2D eigenvalue weighted by Gasteiger charge is -2.25. The molecule has 2 rings (SSSR count). The zero-order chi connectivity index (χ0) is 11.6. The standard InChI is InChI=1S/C11H13F3N2.2ClH/c12-11(13,14)9-3-1-2-8(6-9)10-7-15-4-5-16-10;;/h1-3,6,10,15-16H,4-5,7H2;2*1H. The van der Waals surface area contributed by atoms with Gasteiger partial charge in [0.2, 0.25) is 0 Å². The molecule has 0 aliphatic carbocycles. The molecular formula is C11H15Cl2F3N2. The zero-order valence-electron chi connectivity index (χ0n) is 9.46. The van der Waals surface area contributed by atoms with Crippen LogP contribution >= 0.6 is 24.8 Å². The van der Waals surface area contributed by atoms with Crippen LogP contribution in [0.1, 0.15) is 17.2 Å². The predicted molar refractivity (Wildman–Crippen MR) is 69.6 cm³/mol. The van der Waals surface area contributed by atoms with Gasteiger partial charge in [-0.3, -0.25) is 0 Å². The summed E-state index contributed by atoms with van der Waals surface area (Å²) in [6.45, 7) is 2.30. The number of alkyl halides is 3. The molecule has 18 heavy (non-hydrogen) atoms. The fraction of sp³-hybridized carbons (Fsp3) is 0.455. The molecule has 0 spiro atoms. The molecule has 1 atom stereocenters. The molecule has 0 saturated carbocycles. The summed E-state index contributed by atoms with van der Waals surface area (Å²) in [5, 5.41) is 6.33. The van der Waals surface area contributed by atoms with Crippen LogP contribution in [0.4, 0.5) is 13.2 Å². The Hall–Kier alpha value is -0.490. The van der Waals surface area contributed by atoms with E-state index in [0.29, 0.717) is 12.1 Å². The SMILES string of the molecule is Cl.Cl.FC(F)(F)c1cccc(C2CNCCN2)c1. The highest BCUT2D eigenvalue weighted by Gasteiger charge is 2.31. The molecule has 1 heterocycles. The zero-order valence-corrected chi connectivity index (χ0v) is 11.1. The minimum atomic E-state index is -4.27. The summed E-state index contributed by atoms with van der Waals surface area (Å²) >= 11 is 0. The first-order valence-electron chi connectivity index (χ1n) is 5.18. The molecule has 0 bridgehead atoms. The van der Waals surface area contributed by atoms with E-state index in [4.69, 9.17) is 0 Å². The highest BCUT2D eigenvalue weighted by molar-refractivity contribution is 5.85. The van der Waals surface area contributed by atoms with Crippen molar-refractivity contribution in [1.82, 2.24) is 10.6 Å². The molecule has 0 amide bonds. The Kier molecular flexibility index (Phi) is 6.99. The molecule has 1 saturated heterocycles. The number of hydrogen-bond donors (Lipinski definition) is 2. The summed E-state index contributed by atoms with van der Waals surface area (Å²) in [7, 11) is 0. The normalized spacial score (nSPS) is 19.6. The molecule has 1 aromatic carbocycles. The van der Waals surface area contributed by atoms with Gasteiger partial charge < -0.3 is 10.6 Å². The van der Waals surface area contributed by atoms with Crippen molar-refractivity contribution in [2.45, 2.75) is 12.2 Å². The van der Waals surface area contributed by atoms with Crippen molar-refractivity contribution in [2.24, 2.45) is 0 Å². The summed E-state index contributed by atoms with van der Waals surface area (Å²) < 4.78 is 37.5. The lowest BCUT2D eigenvalue weighted by molar-refractivity contribution is -0.137. The van der Waals surface area contributed by atoms with Crippen molar-refractivity contribution < 1.29 is 13.2 Å². The van der Waals surface area contributed by atoms with Crippen LogP contribution in [0, 0.1) is 0 Å². The molecule has 1 unspecified atom stereocenters. The average Bonchev–Trinajstić information content (AvgIpc) is 2.29. The number of rotatable bonds is 1. The molecule has 104 valence electrons. The number of benzene rings is 1. The molecule has 1 fully saturated rings. The van der Waals surface area contributed by atoms with Crippen LogP contribution in [0.25, 0.3) is 0 Å². The van der Waals surface area contributed by atoms with Gasteiger partial charge in [-0.25, -0.2) is 0 Å². The number of hydrogen-bond acceptors (Lipinski definition) is 2. The van der Waals surface area contributed by atoms with Gasteiger partial charge >= 0.3 is 6.18 Å². The first kappa shape index (κ1) is 17.5. The van der Waals surface area contributed by atoms with Crippen LogP contribution in [-0.4, -0.2) is 19.6 Å². The summed E-state index contributed by atoms with van der Waals surface area (Å²) in [5.41, 5.74) is 0.0967. The lowest BCUT2D eigenvalue weighted by atomic mass is 10.0. The largest absolute Gasteiger partial charge is 0.416 e. The van der Waals surface area contributed by atoms with Gasteiger partial charge in [-0.05, 0) is 17.7 Å². The fourth-order valence-electron chi connectivity index (χ4n) is 1.82. The first-order chi connectivity index (χ1) is 7.57. The molecule has 1 aliphatic heterocycles. The van der Waals surface area contributed by atoms with Crippen LogP contribution < -0.4 is 10.6 Å². The van der Waals surface area contributed by atoms with Crippen molar-refractivity contribution in [1.29, 1.82) is 0 Å². The lowest BCUT2D eigenvalue weighted by Crippen LogP contribution is -2.42. The molecule has 0 radical (unpaired) electrons. The highest BCUT2D eigenvalue weighted by atomic mass is 35.5. The van der Waals surface area contributed by atoms with E-state index >= 15 is 0 Å². The molecule has 7 heteroatoms. The Morgan fingerprint density at radius 2 is 1.83 bits per heavy atom. The molecule has 1 aromatic rings. The van der Waals surface area contributed by atoms with Gasteiger partial charge in [0.15, 0.2) is 0 Å². The van der Waals surface area contributed by atoms with E-state index in [2.05, 4.69) is 10.6 Å². The molecular weight excluding hydrogens is 288 g/mol. The molecule has 2 N–H and O–H groups in total. The van der Waals surface area contributed by atoms with E-state index < -0.39 is 11.7 Å². The molecule has 1 aliphatic rings. The fourth-order valence-corrected chi connectivity index (χ4v) is 1.82. The topological polar surface area (TPSA) is 24.1 Å². The number of piperazine rings is 1. The van der Waals surface area contributed by atoms with E-state index in [9.17, 15) is 13.2 Å². The van der Waals surface area contributed by atoms with Crippen molar-refractivity contribution in [3.05, 3.63) is 35.4 Å². The molecule has 0 aromatic heterocycles. The highest BCUT2D eigenvalue weighted by Crippen LogP contribution is 2.30. The molecule has 2 nitrogen and oxygen atoms in total. The second-order valence-electron chi connectivity index (χ2n) is 3.83. The number of halogens is 5. The van der Waals surface area contributed by atoms with Crippen molar-refractivity contribution >= 4 is 24.8 Å². The van der Waals surface area contributed by atoms with E-state index in [1.54, 1.807) is 6.07 Å². The van der Waals surface area contributed by atoms with E-state index in [-0.39, 0.29) is 30.9 Å². The summed E-state index contributed by atoms with van der Waals surface area (Å²) in [4.78, 5) is 0. The monoisotopic (exact) mass is 302 g/mol. The van der Waals surface area contributed by atoms with Gasteiger partial charge in [0, 0.05) is 25.7 Å². The Morgan fingerprint density at radius 3 is 2.39 bits per heavy atom. The minimum absolute atomic E-state index is 0. The predicted octanol–water partition coefficient (Wildman–Crippen LogP) is 2.78. The second-order valence-corrected chi connectivity index (χ2v) is 3.83. The van der Waals surface area contributed by atoms with Crippen LogP contribution in [0.15, 0.2) is 24.3 Å². The van der Waals surface area contributed by atoms with Gasteiger partial charge in [0.1, 0.15) is 0 Å². The maximum absolute atomic E-state index is 12.5. The smallest absolute Gasteiger partial charge is 0.314 e. The third kappa shape index (κ3) is 4.31. The van der Waals surface area contributed by atoms with Crippen LogP contribution in [0.3, 0.4) is 0 Å². The van der Waals surface area contributed by atoms with E-state index in [1.807, 2.05) is 0 Å². The van der Waals surface area contributed by atoms with Crippen molar-refractivity contribution in [2.75, 3.05) is 19.6 Å². The van der Waals surface area contributed by atoms with Gasteiger partial charge in [0.25, 0.3) is 0 Å². The van der Waals surface area contributed by atoms with Gasteiger partial charge in [-0.1, -0.05) is 12.1 Å². The van der Waals surface area contributed by atoms with Gasteiger partial charge in [0.05, 0.1) is 5.56 Å². The Labute approximate surface area is 116 Å². The first-order valence-corrected chi connectivity index (χ1v) is 5.18. The minimum Gasteiger partial charge on any atom is -0.314 e. The van der Waals surface area contributed by atoms with Crippen molar-refractivity contribution in [3.8, 4) is 0 Å². The summed E-state index contributed by atoms with van der Waals surface area (Å²) in [6.07, 6.45) is -4.27. The van der Waals surface area contributed by atoms with Crippen LogP contribution in [0.2, 0.25) is 0 Å². The average molecular weight is 303 g/mol. The second kappa shape index (κ2) is 7.19. The quantitative estimate of drug-likeness (QED) is 0.833. The van der Waals surface area contributed by atoms with E-state index in [0.717, 1.165) is 19.2 Å². The van der Waals surface area contributed by atoms with Gasteiger partial charge in [-0.15, -0.1) is 24.8 Å². The maximum Gasteiger partial charge on any atom is 0.416 e. The maximum atomic E-state index is 12.5. The van der Waals surface area contributed by atoms with Gasteiger partial charge in [-0.2, -0.15) is 13.2 Å². The Balaban J connectivity index is 0.00000144. The summed E-state index contributed by atoms with van der Waals surface area (Å²) in [6, 6.07) is 5.45. The number of nitrogens with one attached hydrogen (secondary N) is 2. The van der Waals surface area contributed by atoms with E-state index in [1.165, 1.54) is 12.1 Å². The van der Waals surface area contributed by atoms with Crippen LogP contribution in [-0.2, 0) is 6.18 Å². The van der Waals surface area contributed by atoms with Crippen molar-refractivity contribution in [3.63, 3.8) is 0 Å².